The Hall–Kier alpha value is -3.29. The van der Waals surface area contributed by atoms with Crippen LogP contribution in [0.15, 0.2) is 87.9 Å². The van der Waals surface area contributed by atoms with Crippen molar-refractivity contribution in [2.45, 2.75) is 12.3 Å². The standard InChI is InChI=1S/C20H14N2O4S.CH4/c23-18-10-9-13-5-3-4-8-16(13)20(18)22-21-17-11-14-6-1-2-7-15(14)12-19(17)27(24,25)26;/h1-12,23H,(H,24,25,26);1H4/p-1. The summed E-state index contributed by atoms with van der Waals surface area (Å²) in [6, 6.07) is 20.3. The van der Waals surface area contributed by atoms with Crippen LogP contribution < -0.4 is 0 Å². The van der Waals surface area contributed by atoms with Crippen molar-refractivity contribution in [2.75, 3.05) is 0 Å². The average molecular weight is 393 g/mol. The van der Waals surface area contributed by atoms with Gasteiger partial charge in [0.1, 0.15) is 27.2 Å². The van der Waals surface area contributed by atoms with Crippen LogP contribution in [0, 0.1) is 0 Å². The van der Waals surface area contributed by atoms with Gasteiger partial charge >= 0.3 is 0 Å². The molecule has 4 aromatic carbocycles. The molecule has 0 aromatic heterocycles. The zero-order valence-corrected chi connectivity index (χ0v) is 14.7. The molecule has 0 saturated heterocycles. The summed E-state index contributed by atoms with van der Waals surface area (Å²) in [4.78, 5) is -0.454. The second-order valence-electron chi connectivity index (χ2n) is 5.98. The number of aromatic hydroxyl groups is 1. The molecule has 0 heterocycles. The maximum Gasteiger partial charge on any atom is 0.143 e. The van der Waals surface area contributed by atoms with E-state index in [1.807, 2.05) is 12.1 Å². The molecule has 6 nitrogen and oxygen atoms in total. The molecule has 142 valence electrons. The van der Waals surface area contributed by atoms with Crippen LogP contribution in [0.2, 0.25) is 0 Å². The summed E-state index contributed by atoms with van der Waals surface area (Å²) in [6.07, 6.45) is 0. The maximum atomic E-state index is 11.7. The number of phenols is 1. The average Bonchev–Trinajstić information content (AvgIpc) is 2.66. The first-order valence-electron chi connectivity index (χ1n) is 8.05. The zero-order valence-electron chi connectivity index (χ0n) is 13.9. The van der Waals surface area contributed by atoms with Crippen LogP contribution in [-0.4, -0.2) is 18.1 Å². The van der Waals surface area contributed by atoms with Gasteiger partial charge in [-0.05, 0) is 34.4 Å². The molecule has 0 aliphatic heterocycles. The van der Waals surface area contributed by atoms with Crippen LogP contribution in [0.3, 0.4) is 0 Å². The normalized spacial score (nSPS) is 11.8. The molecule has 0 bridgehead atoms. The molecule has 0 spiro atoms. The summed E-state index contributed by atoms with van der Waals surface area (Å²) in [5.41, 5.74) is 0.131. The summed E-state index contributed by atoms with van der Waals surface area (Å²) >= 11 is 0. The Morgan fingerprint density at radius 2 is 1.39 bits per heavy atom. The van der Waals surface area contributed by atoms with Crippen LogP contribution in [-0.2, 0) is 10.1 Å². The predicted molar refractivity (Wildman–Crippen MR) is 108 cm³/mol. The van der Waals surface area contributed by atoms with Crippen LogP contribution in [0.25, 0.3) is 21.5 Å². The van der Waals surface area contributed by atoms with E-state index in [4.69, 9.17) is 0 Å². The highest BCUT2D eigenvalue weighted by molar-refractivity contribution is 7.86. The number of phenolic OH excluding ortho intramolecular Hbond substituents is 1. The van der Waals surface area contributed by atoms with E-state index in [0.29, 0.717) is 10.8 Å². The number of benzene rings is 4. The van der Waals surface area contributed by atoms with E-state index < -0.39 is 15.0 Å². The fraction of sp³-hybridized carbons (Fsp3) is 0.0476. The number of fused-ring (bicyclic) bond motifs is 2. The maximum absolute atomic E-state index is 11.7. The van der Waals surface area contributed by atoms with Gasteiger partial charge in [-0.15, -0.1) is 10.2 Å². The Morgan fingerprint density at radius 3 is 2.07 bits per heavy atom. The van der Waals surface area contributed by atoms with E-state index in [-0.39, 0.29) is 24.6 Å². The van der Waals surface area contributed by atoms with Gasteiger partial charge < -0.3 is 9.66 Å². The third-order valence-electron chi connectivity index (χ3n) is 4.23. The first-order valence-corrected chi connectivity index (χ1v) is 9.45. The van der Waals surface area contributed by atoms with Crippen molar-refractivity contribution in [3.8, 4) is 5.75 Å². The summed E-state index contributed by atoms with van der Waals surface area (Å²) in [6.45, 7) is 0. The second-order valence-corrected chi connectivity index (χ2v) is 7.32. The van der Waals surface area contributed by atoms with Crippen molar-refractivity contribution < 1.29 is 18.1 Å². The summed E-state index contributed by atoms with van der Waals surface area (Å²) in [5.74, 6) is -0.0928. The number of hydrogen-bond acceptors (Lipinski definition) is 6. The summed E-state index contributed by atoms with van der Waals surface area (Å²) in [5, 5.41) is 21.0. The Labute approximate surface area is 162 Å². The second kappa shape index (κ2) is 7.38. The summed E-state index contributed by atoms with van der Waals surface area (Å²) < 4.78 is 35.0. The molecule has 0 unspecified atom stereocenters. The van der Waals surface area contributed by atoms with Crippen LogP contribution in [0.4, 0.5) is 11.4 Å². The largest absolute Gasteiger partial charge is 0.744 e. The smallest absolute Gasteiger partial charge is 0.143 e. The Kier molecular flexibility index (Phi) is 5.13. The first-order chi connectivity index (χ1) is 12.9. The molecule has 0 aliphatic carbocycles. The van der Waals surface area contributed by atoms with Gasteiger partial charge in [-0.1, -0.05) is 62.0 Å². The van der Waals surface area contributed by atoms with Crippen molar-refractivity contribution >= 4 is 43.0 Å². The topological polar surface area (TPSA) is 102 Å². The van der Waals surface area contributed by atoms with E-state index in [1.165, 1.54) is 18.2 Å². The lowest BCUT2D eigenvalue weighted by atomic mass is 10.1. The van der Waals surface area contributed by atoms with E-state index in [9.17, 15) is 18.1 Å². The van der Waals surface area contributed by atoms with Gasteiger partial charge in [-0.25, -0.2) is 8.42 Å². The van der Waals surface area contributed by atoms with Crippen molar-refractivity contribution in [2.24, 2.45) is 10.2 Å². The van der Waals surface area contributed by atoms with E-state index in [2.05, 4.69) is 10.2 Å². The van der Waals surface area contributed by atoms with Gasteiger partial charge in [-0.3, -0.25) is 0 Å². The molecule has 4 aromatic rings. The fourth-order valence-corrected chi connectivity index (χ4v) is 3.57. The van der Waals surface area contributed by atoms with Gasteiger partial charge in [0.2, 0.25) is 0 Å². The molecule has 0 aliphatic rings. The number of hydrogen-bond donors (Lipinski definition) is 1. The molecule has 0 amide bonds. The SMILES string of the molecule is C.O=S(=O)([O-])c1cc2ccccc2cc1N=Nc1c(O)ccc2ccccc12. The molecule has 0 radical (unpaired) electrons. The van der Waals surface area contributed by atoms with Crippen LogP contribution in [0.1, 0.15) is 7.43 Å². The number of nitrogens with zero attached hydrogens (tertiary/aromatic N) is 2. The highest BCUT2D eigenvalue weighted by atomic mass is 32.2. The predicted octanol–water partition coefficient (Wildman–Crippen LogP) is 5.65. The minimum atomic E-state index is -4.75. The molecule has 0 atom stereocenters. The molecule has 28 heavy (non-hydrogen) atoms. The van der Waals surface area contributed by atoms with E-state index in [0.717, 1.165) is 10.8 Å². The number of azo groups is 1. The number of rotatable bonds is 3. The Balaban J connectivity index is 0.00000225. The van der Waals surface area contributed by atoms with E-state index in [1.54, 1.807) is 42.5 Å². The van der Waals surface area contributed by atoms with Crippen LogP contribution >= 0.6 is 0 Å². The third-order valence-corrected chi connectivity index (χ3v) is 5.10. The van der Waals surface area contributed by atoms with Gasteiger partial charge in [0.25, 0.3) is 0 Å². The van der Waals surface area contributed by atoms with E-state index >= 15 is 0 Å². The first kappa shape index (κ1) is 19.5. The molecule has 1 N–H and O–H groups in total. The Morgan fingerprint density at radius 1 is 0.786 bits per heavy atom. The molecule has 0 saturated carbocycles. The van der Waals surface area contributed by atoms with Crippen LogP contribution in [0.5, 0.6) is 5.75 Å². The highest BCUT2D eigenvalue weighted by Crippen LogP contribution is 2.37. The highest BCUT2D eigenvalue weighted by Gasteiger charge is 2.12. The minimum Gasteiger partial charge on any atom is -0.744 e. The van der Waals surface area contributed by atoms with Crippen molar-refractivity contribution in [3.63, 3.8) is 0 Å². The van der Waals surface area contributed by atoms with Gasteiger partial charge in [0, 0.05) is 5.39 Å². The monoisotopic (exact) mass is 393 g/mol. The molecular formula is C21H17N2O4S-. The molecular weight excluding hydrogens is 376 g/mol. The quantitative estimate of drug-likeness (QED) is 0.358. The van der Waals surface area contributed by atoms with Crippen molar-refractivity contribution in [3.05, 3.63) is 72.8 Å². The molecule has 4 rings (SSSR count). The molecule has 7 heteroatoms. The lowest BCUT2D eigenvalue weighted by Crippen LogP contribution is -1.99. The van der Waals surface area contributed by atoms with Gasteiger partial charge in [0.05, 0.1) is 4.90 Å². The molecule has 0 fully saturated rings. The lowest BCUT2D eigenvalue weighted by molar-refractivity contribution is 0.463. The van der Waals surface area contributed by atoms with Gasteiger partial charge in [-0.2, -0.15) is 0 Å². The third kappa shape index (κ3) is 3.58. The Bertz CT molecular complexity index is 1310. The summed E-state index contributed by atoms with van der Waals surface area (Å²) in [7, 11) is -4.75. The fourth-order valence-electron chi connectivity index (χ4n) is 2.94. The van der Waals surface area contributed by atoms with Gasteiger partial charge in [0.15, 0.2) is 0 Å². The minimum absolute atomic E-state index is 0. The zero-order chi connectivity index (χ0) is 19.0. The van der Waals surface area contributed by atoms with Crippen molar-refractivity contribution in [1.29, 1.82) is 0 Å². The lowest BCUT2D eigenvalue weighted by Gasteiger charge is -2.11. The van der Waals surface area contributed by atoms with Crippen molar-refractivity contribution in [1.82, 2.24) is 0 Å².